The average Bonchev–Trinajstić information content (AvgIpc) is 3.17. The molecule has 0 N–H and O–H groups in total. The molecule has 0 bridgehead atoms. The molecule has 0 aliphatic carbocycles. The second-order valence-corrected chi connectivity index (χ2v) is 7.48. The van der Waals surface area contributed by atoms with Gasteiger partial charge in [0.05, 0.1) is 11.6 Å². The van der Waals surface area contributed by atoms with Crippen molar-refractivity contribution in [3.05, 3.63) is 27.7 Å². The minimum atomic E-state index is 0.589. The predicted molar refractivity (Wildman–Crippen MR) is 87.7 cm³/mol. The Balaban J connectivity index is 1.54. The molecule has 3 rings (SSSR count). The van der Waals surface area contributed by atoms with Crippen LogP contribution in [0.25, 0.3) is 0 Å². The molecule has 3 heterocycles. The molecule has 1 saturated heterocycles. The molecule has 1 fully saturated rings. The molecule has 7 heteroatoms. The number of hydrogen-bond donors (Lipinski definition) is 0. The van der Waals surface area contributed by atoms with Crippen molar-refractivity contribution < 1.29 is 0 Å². The highest BCUT2D eigenvalue weighted by Gasteiger charge is 2.26. The van der Waals surface area contributed by atoms with Crippen molar-refractivity contribution in [1.29, 1.82) is 0 Å². The topological polar surface area (TPSA) is 50.1 Å². The van der Waals surface area contributed by atoms with Crippen molar-refractivity contribution in [3.8, 4) is 0 Å². The summed E-state index contributed by atoms with van der Waals surface area (Å²) in [4.78, 5) is 10.6. The second-order valence-electron chi connectivity index (χ2n) is 6.16. The van der Waals surface area contributed by atoms with Crippen LogP contribution >= 0.6 is 11.3 Å². The summed E-state index contributed by atoms with van der Waals surface area (Å²) in [6.45, 7) is 8.21. The van der Waals surface area contributed by atoms with Crippen LogP contribution in [0, 0.1) is 13.8 Å². The standard InChI is InChI=1S/C15H24N6S/c1-11-17-18-15(20(11)4)10-19(3)13-5-6-21(8-13)9-14-7-16-12(2)22-14/h7,13H,5-6,8-10H2,1-4H3/t13-/m1/s1. The Bertz CT molecular complexity index is 634. The first-order chi connectivity index (χ1) is 10.5. The first-order valence-corrected chi connectivity index (χ1v) is 8.53. The van der Waals surface area contributed by atoms with Crippen LogP contribution < -0.4 is 0 Å². The number of hydrogen-bond acceptors (Lipinski definition) is 6. The van der Waals surface area contributed by atoms with Crippen LogP contribution in [0.2, 0.25) is 0 Å². The fraction of sp³-hybridized carbons (Fsp3) is 0.667. The van der Waals surface area contributed by atoms with Crippen molar-refractivity contribution in [2.45, 2.75) is 39.4 Å². The Hall–Kier alpha value is -1.31. The number of thiazole rings is 1. The SMILES string of the molecule is Cc1ncc(CN2CC[C@@H](N(C)Cc3nnc(C)n3C)C2)s1. The molecule has 0 radical (unpaired) electrons. The van der Waals surface area contributed by atoms with E-state index in [-0.39, 0.29) is 0 Å². The predicted octanol–water partition coefficient (Wildman–Crippen LogP) is 1.59. The molecular formula is C15H24N6S. The lowest BCUT2D eigenvalue weighted by atomic mass is 10.2. The van der Waals surface area contributed by atoms with E-state index in [4.69, 9.17) is 0 Å². The third kappa shape index (κ3) is 3.37. The van der Waals surface area contributed by atoms with E-state index < -0.39 is 0 Å². The third-order valence-electron chi connectivity index (χ3n) is 4.49. The first kappa shape index (κ1) is 15.6. The maximum atomic E-state index is 4.34. The number of likely N-dealkylation sites (tertiary alicyclic amines) is 1. The fourth-order valence-electron chi connectivity index (χ4n) is 2.96. The Morgan fingerprint density at radius 1 is 1.36 bits per heavy atom. The van der Waals surface area contributed by atoms with Crippen LogP contribution in [0.15, 0.2) is 6.20 Å². The van der Waals surface area contributed by atoms with Gasteiger partial charge in [-0.25, -0.2) is 4.98 Å². The summed E-state index contributed by atoms with van der Waals surface area (Å²) >= 11 is 1.80. The summed E-state index contributed by atoms with van der Waals surface area (Å²) in [7, 11) is 4.22. The maximum Gasteiger partial charge on any atom is 0.146 e. The molecule has 2 aromatic heterocycles. The zero-order valence-corrected chi connectivity index (χ0v) is 14.6. The van der Waals surface area contributed by atoms with Gasteiger partial charge < -0.3 is 4.57 Å². The summed E-state index contributed by atoms with van der Waals surface area (Å²) < 4.78 is 2.07. The molecule has 1 aliphatic rings. The highest BCUT2D eigenvalue weighted by Crippen LogP contribution is 2.21. The van der Waals surface area contributed by atoms with E-state index in [1.807, 2.05) is 20.2 Å². The van der Waals surface area contributed by atoms with Gasteiger partial charge in [0.2, 0.25) is 0 Å². The van der Waals surface area contributed by atoms with Gasteiger partial charge in [0.15, 0.2) is 0 Å². The van der Waals surface area contributed by atoms with E-state index in [9.17, 15) is 0 Å². The lowest BCUT2D eigenvalue weighted by Crippen LogP contribution is -2.34. The maximum absolute atomic E-state index is 4.34. The van der Waals surface area contributed by atoms with E-state index in [0.717, 1.165) is 42.8 Å². The average molecular weight is 320 g/mol. The summed E-state index contributed by atoms with van der Waals surface area (Å²) in [5, 5.41) is 9.56. The highest BCUT2D eigenvalue weighted by molar-refractivity contribution is 7.11. The summed E-state index contributed by atoms with van der Waals surface area (Å²) in [6, 6.07) is 0.589. The van der Waals surface area contributed by atoms with Crippen LogP contribution in [-0.2, 0) is 20.1 Å². The molecule has 0 spiro atoms. The summed E-state index contributed by atoms with van der Waals surface area (Å²) in [5.74, 6) is 2.01. The van der Waals surface area contributed by atoms with Gasteiger partial charge >= 0.3 is 0 Å². The molecular weight excluding hydrogens is 296 g/mol. The van der Waals surface area contributed by atoms with E-state index in [1.54, 1.807) is 11.3 Å². The van der Waals surface area contributed by atoms with Gasteiger partial charge in [-0.2, -0.15) is 0 Å². The van der Waals surface area contributed by atoms with Gasteiger partial charge in [-0.3, -0.25) is 9.80 Å². The van der Waals surface area contributed by atoms with Gasteiger partial charge in [0, 0.05) is 43.8 Å². The second kappa shape index (κ2) is 6.44. The monoisotopic (exact) mass is 320 g/mol. The van der Waals surface area contributed by atoms with Crippen LogP contribution in [0.4, 0.5) is 0 Å². The van der Waals surface area contributed by atoms with E-state index in [1.165, 1.54) is 11.3 Å². The minimum absolute atomic E-state index is 0.589. The van der Waals surface area contributed by atoms with E-state index in [2.05, 4.69) is 43.5 Å². The Labute approximate surface area is 135 Å². The fourth-order valence-corrected chi connectivity index (χ4v) is 3.79. The van der Waals surface area contributed by atoms with E-state index >= 15 is 0 Å². The molecule has 0 aromatic carbocycles. The molecule has 1 atom stereocenters. The van der Waals surface area contributed by atoms with Crippen LogP contribution in [-0.4, -0.2) is 55.7 Å². The van der Waals surface area contributed by atoms with Gasteiger partial charge in [-0.1, -0.05) is 0 Å². The van der Waals surface area contributed by atoms with Gasteiger partial charge in [-0.15, -0.1) is 21.5 Å². The molecule has 0 saturated carbocycles. The Morgan fingerprint density at radius 3 is 2.82 bits per heavy atom. The van der Waals surface area contributed by atoms with Gasteiger partial charge in [0.25, 0.3) is 0 Å². The molecule has 0 unspecified atom stereocenters. The number of aryl methyl sites for hydroxylation is 2. The molecule has 0 amide bonds. The summed E-state index contributed by atoms with van der Waals surface area (Å²) in [5.41, 5.74) is 0. The molecule has 1 aliphatic heterocycles. The summed E-state index contributed by atoms with van der Waals surface area (Å²) in [6.07, 6.45) is 3.23. The van der Waals surface area contributed by atoms with Crippen molar-refractivity contribution in [3.63, 3.8) is 0 Å². The Morgan fingerprint density at radius 2 is 2.18 bits per heavy atom. The quantitative estimate of drug-likeness (QED) is 0.837. The zero-order valence-electron chi connectivity index (χ0n) is 13.8. The number of likely N-dealkylation sites (N-methyl/N-ethyl adjacent to an activating group) is 1. The van der Waals surface area contributed by atoms with Crippen LogP contribution in [0.1, 0.15) is 28.0 Å². The van der Waals surface area contributed by atoms with Crippen LogP contribution in [0.5, 0.6) is 0 Å². The highest BCUT2D eigenvalue weighted by atomic mass is 32.1. The van der Waals surface area contributed by atoms with Crippen LogP contribution in [0.3, 0.4) is 0 Å². The normalized spacial score (nSPS) is 19.4. The molecule has 6 nitrogen and oxygen atoms in total. The lowest BCUT2D eigenvalue weighted by Gasteiger charge is -2.24. The van der Waals surface area contributed by atoms with Crippen molar-refractivity contribution in [1.82, 2.24) is 29.5 Å². The van der Waals surface area contributed by atoms with Crippen molar-refractivity contribution >= 4 is 11.3 Å². The molecule has 22 heavy (non-hydrogen) atoms. The molecule has 120 valence electrons. The van der Waals surface area contributed by atoms with Gasteiger partial charge in [0.1, 0.15) is 11.6 Å². The lowest BCUT2D eigenvalue weighted by molar-refractivity contribution is 0.217. The van der Waals surface area contributed by atoms with Crippen molar-refractivity contribution in [2.24, 2.45) is 7.05 Å². The largest absolute Gasteiger partial charge is 0.317 e. The van der Waals surface area contributed by atoms with Crippen molar-refractivity contribution in [2.75, 3.05) is 20.1 Å². The number of aromatic nitrogens is 4. The minimum Gasteiger partial charge on any atom is -0.317 e. The third-order valence-corrected chi connectivity index (χ3v) is 5.39. The van der Waals surface area contributed by atoms with Gasteiger partial charge in [-0.05, 0) is 27.3 Å². The first-order valence-electron chi connectivity index (χ1n) is 7.71. The number of rotatable bonds is 5. The zero-order chi connectivity index (χ0) is 15.7. The Kier molecular flexibility index (Phi) is 4.56. The van der Waals surface area contributed by atoms with E-state index in [0.29, 0.717) is 6.04 Å². The number of nitrogens with zero attached hydrogens (tertiary/aromatic N) is 6. The smallest absolute Gasteiger partial charge is 0.146 e. The molecule has 2 aromatic rings.